The molecule has 1 nitrogen and oxygen atoms in total. The first-order valence-corrected chi connectivity index (χ1v) is 9.02. The molecule has 0 unspecified atom stereocenters. The van der Waals surface area contributed by atoms with Crippen molar-refractivity contribution >= 4 is 11.3 Å². The molecule has 1 heterocycles. The molecule has 0 aliphatic heterocycles. The number of thiazole rings is 1. The van der Waals surface area contributed by atoms with E-state index in [0.717, 1.165) is 6.42 Å². The molecule has 1 aromatic rings. The quantitative estimate of drug-likeness (QED) is 0.457. The van der Waals surface area contributed by atoms with Crippen molar-refractivity contribution in [2.24, 2.45) is 5.92 Å². The van der Waals surface area contributed by atoms with Crippen LogP contribution in [0.15, 0.2) is 18.3 Å². The first kappa shape index (κ1) is 17.4. The zero-order valence-electron chi connectivity index (χ0n) is 13.7. The van der Waals surface area contributed by atoms with Crippen molar-refractivity contribution in [3.8, 4) is 0 Å². The largest absolute Gasteiger partial charge is 0.249 e. The van der Waals surface area contributed by atoms with Crippen LogP contribution in [0.5, 0.6) is 0 Å². The predicted octanol–water partition coefficient (Wildman–Crippen LogP) is 6.36. The number of nitrogens with zero attached hydrogens (tertiary/aromatic N) is 1. The van der Waals surface area contributed by atoms with Crippen molar-refractivity contribution in [1.29, 1.82) is 0 Å². The molecule has 2 heteroatoms. The van der Waals surface area contributed by atoms with Crippen molar-refractivity contribution in [2.75, 3.05) is 0 Å². The lowest BCUT2D eigenvalue weighted by atomic mass is 9.88. The molecular formula is C18H31NS. The van der Waals surface area contributed by atoms with Gasteiger partial charge in [0.1, 0.15) is 0 Å². The second-order valence-corrected chi connectivity index (χ2v) is 7.28. The third-order valence-corrected chi connectivity index (χ3v) is 5.15. The molecule has 114 valence electrons. The van der Waals surface area contributed by atoms with E-state index >= 15 is 0 Å². The Bertz CT molecular complexity index is 384. The van der Waals surface area contributed by atoms with Crippen molar-refractivity contribution in [3.63, 3.8) is 0 Å². The summed E-state index contributed by atoms with van der Waals surface area (Å²) in [5.41, 5.74) is 1.42. The molecule has 0 amide bonds. The van der Waals surface area contributed by atoms with E-state index in [4.69, 9.17) is 0 Å². The number of aromatic nitrogens is 1. The summed E-state index contributed by atoms with van der Waals surface area (Å²) in [5, 5.41) is 1.26. The van der Waals surface area contributed by atoms with Crippen molar-refractivity contribution in [1.82, 2.24) is 4.98 Å². The fourth-order valence-corrected chi connectivity index (χ4v) is 3.47. The number of unbranched alkanes of at least 4 members (excludes halogenated alkanes) is 2. The smallest absolute Gasteiger partial charge is 0.0953 e. The minimum atomic E-state index is 0.540. The summed E-state index contributed by atoms with van der Waals surface area (Å²) in [5.74, 6) is 1.25. The van der Waals surface area contributed by atoms with Crippen LogP contribution in [-0.4, -0.2) is 4.98 Å². The van der Waals surface area contributed by atoms with E-state index in [1.54, 1.807) is 0 Å². The van der Waals surface area contributed by atoms with Crippen molar-refractivity contribution < 1.29 is 0 Å². The lowest BCUT2D eigenvalue weighted by molar-refractivity contribution is 0.470. The van der Waals surface area contributed by atoms with Crippen LogP contribution in [-0.2, 0) is 6.42 Å². The zero-order chi connectivity index (χ0) is 15.0. The van der Waals surface area contributed by atoms with Crippen LogP contribution in [0.1, 0.15) is 82.0 Å². The van der Waals surface area contributed by atoms with Gasteiger partial charge in [0.05, 0.1) is 5.01 Å². The summed E-state index contributed by atoms with van der Waals surface area (Å²) in [4.78, 5) is 5.92. The van der Waals surface area contributed by atoms with Gasteiger partial charge in [-0.05, 0) is 18.8 Å². The lowest BCUT2D eigenvalue weighted by Gasteiger charge is -2.18. The van der Waals surface area contributed by atoms with Crippen molar-refractivity contribution in [3.05, 3.63) is 28.2 Å². The fourth-order valence-electron chi connectivity index (χ4n) is 2.49. The molecule has 0 radical (unpaired) electrons. The van der Waals surface area contributed by atoms with Gasteiger partial charge in [-0.1, -0.05) is 65.5 Å². The monoisotopic (exact) mass is 293 g/mol. The van der Waals surface area contributed by atoms with Crippen LogP contribution < -0.4 is 0 Å². The summed E-state index contributed by atoms with van der Waals surface area (Å²) < 4.78 is 0. The second kappa shape index (κ2) is 9.33. The topological polar surface area (TPSA) is 12.9 Å². The normalized spacial score (nSPS) is 11.5. The van der Waals surface area contributed by atoms with E-state index in [-0.39, 0.29) is 0 Å². The van der Waals surface area contributed by atoms with Crippen LogP contribution >= 0.6 is 11.3 Å². The predicted molar refractivity (Wildman–Crippen MR) is 91.6 cm³/mol. The summed E-state index contributed by atoms with van der Waals surface area (Å²) in [6.45, 7) is 13.4. The third-order valence-electron chi connectivity index (χ3n) is 3.86. The highest BCUT2D eigenvalue weighted by molar-refractivity contribution is 7.11. The second-order valence-electron chi connectivity index (χ2n) is 6.14. The van der Waals surface area contributed by atoms with Gasteiger partial charge in [0.2, 0.25) is 0 Å². The molecular weight excluding hydrogens is 262 g/mol. The van der Waals surface area contributed by atoms with E-state index in [1.165, 1.54) is 54.0 Å². The van der Waals surface area contributed by atoms with Gasteiger partial charge in [0, 0.05) is 23.4 Å². The molecule has 0 saturated heterocycles. The average molecular weight is 294 g/mol. The number of hydrogen-bond acceptors (Lipinski definition) is 2. The maximum Gasteiger partial charge on any atom is 0.0953 e. The fraction of sp³-hybridized carbons (Fsp3) is 0.722. The van der Waals surface area contributed by atoms with Crippen LogP contribution in [0.3, 0.4) is 0 Å². The highest BCUT2D eigenvalue weighted by Crippen LogP contribution is 2.29. The number of allylic oxidation sites excluding steroid dienone is 1. The maximum atomic E-state index is 4.53. The molecule has 0 bridgehead atoms. The molecule has 0 fully saturated rings. The lowest BCUT2D eigenvalue weighted by Crippen LogP contribution is -2.06. The Labute approximate surface area is 129 Å². The van der Waals surface area contributed by atoms with Gasteiger partial charge in [-0.25, -0.2) is 4.98 Å². The Kier molecular flexibility index (Phi) is 8.13. The van der Waals surface area contributed by atoms with Crippen LogP contribution in [0.2, 0.25) is 0 Å². The zero-order valence-corrected chi connectivity index (χ0v) is 14.6. The van der Waals surface area contributed by atoms with Gasteiger partial charge >= 0.3 is 0 Å². The first-order chi connectivity index (χ1) is 9.58. The average Bonchev–Trinajstić information content (AvgIpc) is 2.87. The standard InChI is InChI=1S/C18H31NS/c1-6-8-10-16(11-9-7-2)15(5)12-17-13-19-18(20-17)14(3)4/h13-14,16H,5-12H2,1-4H3. The highest BCUT2D eigenvalue weighted by Gasteiger charge is 2.14. The van der Waals surface area contributed by atoms with Gasteiger partial charge in [0.15, 0.2) is 0 Å². The van der Waals surface area contributed by atoms with Gasteiger partial charge in [-0.15, -0.1) is 11.3 Å². The summed E-state index contributed by atoms with van der Waals surface area (Å²) >= 11 is 1.86. The van der Waals surface area contributed by atoms with E-state index < -0.39 is 0 Å². The number of rotatable bonds is 10. The van der Waals surface area contributed by atoms with Gasteiger partial charge in [-0.2, -0.15) is 0 Å². The molecule has 0 N–H and O–H groups in total. The minimum absolute atomic E-state index is 0.540. The molecule has 0 aliphatic rings. The Hall–Kier alpha value is -0.630. The van der Waals surface area contributed by atoms with E-state index in [9.17, 15) is 0 Å². The van der Waals surface area contributed by atoms with Crippen LogP contribution in [0.4, 0.5) is 0 Å². The molecule has 0 spiro atoms. The van der Waals surface area contributed by atoms with Crippen LogP contribution in [0.25, 0.3) is 0 Å². The van der Waals surface area contributed by atoms with E-state index in [2.05, 4.69) is 45.5 Å². The molecule has 0 aliphatic carbocycles. The SMILES string of the molecule is C=C(Cc1cnc(C(C)C)s1)C(CCCC)CCCC. The molecule has 1 aromatic heterocycles. The summed E-state index contributed by atoms with van der Waals surface area (Å²) in [7, 11) is 0. The molecule has 20 heavy (non-hydrogen) atoms. The Balaban J connectivity index is 2.58. The Morgan fingerprint density at radius 1 is 1.20 bits per heavy atom. The number of hydrogen-bond donors (Lipinski definition) is 0. The van der Waals surface area contributed by atoms with Gasteiger partial charge < -0.3 is 0 Å². The van der Waals surface area contributed by atoms with Crippen molar-refractivity contribution in [2.45, 2.75) is 78.6 Å². The molecule has 1 rings (SSSR count). The third kappa shape index (κ3) is 5.78. The molecule has 0 aromatic carbocycles. The first-order valence-electron chi connectivity index (χ1n) is 8.20. The van der Waals surface area contributed by atoms with Gasteiger partial charge in [0.25, 0.3) is 0 Å². The molecule has 0 atom stereocenters. The summed E-state index contributed by atoms with van der Waals surface area (Å²) in [6.07, 6.45) is 10.9. The highest BCUT2D eigenvalue weighted by atomic mass is 32.1. The Morgan fingerprint density at radius 3 is 2.25 bits per heavy atom. The Morgan fingerprint density at radius 2 is 1.80 bits per heavy atom. The van der Waals surface area contributed by atoms with Crippen LogP contribution in [0, 0.1) is 5.92 Å². The molecule has 0 saturated carbocycles. The van der Waals surface area contributed by atoms with Gasteiger partial charge in [-0.3, -0.25) is 0 Å². The van der Waals surface area contributed by atoms with E-state index in [0.29, 0.717) is 11.8 Å². The summed E-state index contributed by atoms with van der Waals surface area (Å²) in [6, 6.07) is 0. The minimum Gasteiger partial charge on any atom is -0.249 e. The van der Waals surface area contributed by atoms with E-state index in [1.807, 2.05) is 11.3 Å². The maximum absolute atomic E-state index is 4.53.